The molecular weight excluding hydrogens is 284 g/mol. The molecule has 21 heavy (non-hydrogen) atoms. The number of hydrogen-bond acceptors (Lipinski definition) is 3. The topological polar surface area (TPSA) is 63.4 Å². The minimum absolute atomic E-state index is 0.110. The molecule has 0 radical (unpaired) electrons. The van der Waals surface area contributed by atoms with Crippen molar-refractivity contribution in [1.82, 2.24) is 4.90 Å². The summed E-state index contributed by atoms with van der Waals surface area (Å²) in [5, 5.41) is 4.05. The number of rotatable bonds is 5. The highest BCUT2D eigenvalue weighted by molar-refractivity contribution is 7.08. The maximum Gasteiger partial charge on any atom is 0.253 e. The van der Waals surface area contributed by atoms with Crippen molar-refractivity contribution in [2.24, 2.45) is 5.73 Å². The Morgan fingerprint density at radius 3 is 2.67 bits per heavy atom. The van der Waals surface area contributed by atoms with E-state index in [0.29, 0.717) is 5.56 Å². The van der Waals surface area contributed by atoms with Crippen LogP contribution in [-0.2, 0) is 4.79 Å². The smallest absolute Gasteiger partial charge is 0.253 e. The molecule has 1 heterocycles. The Kier molecular flexibility index (Phi) is 4.75. The Morgan fingerprint density at radius 1 is 1.29 bits per heavy atom. The van der Waals surface area contributed by atoms with Gasteiger partial charge in [-0.05, 0) is 47.0 Å². The molecule has 0 saturated carbocycles. The average Bonchev–Trinajstić information content (AvgIpc) is 2.99. The number of amides is 2. The van der Waals surface area contributed by atoms with E-state index < -0.39 is 5.91 Å². The molecule has 0 unspecified atom stereocenters. The Balaban J connectivity index is 2.19. The molecule has 2 N–H and O–H groups in total. The largest absolute Gasteiger partial charge is 0.370 e. The maximum atomic E-state index is 12.5. The van der Waals surface area contributed by atoms with Crippen LogP contribution in [-0.4, -0.2) is 29.8 Å². The molecule has 2 amide bonds. The normalized spacial score (nSPS) is 11.9. The van der Waals surface area contributed by atoms with Gasteiger partial charge in [0.15, 0.2) is 0 Å². The van der Waals surface area contributed by atoms with Crippen molar-refractivity contribution in [2.45, 2.75) is 19.4 Å². The van der Waals surface area contributed by atoms with Crippen molar-refractivity contribution in [2.75, 3.05) is 7.05 Å². The summed E-state index contributed by atoms with van der Waals surface area (Å²) in [4.78, 5) is 25.0. The molecule has 0 fully saturated rings. The molecule has 2 rings (SSSR count). The molecule has 1 atom stereocenters. The summed E-state index contributed by atoms with van der Waals surface area (Å²) in [6.07, 6.45) is 0.159. The standard InChI is InChI=1S/C16H18N2O2S/c1-11(8-15(17)19)18(2)16(20)13-5-3-4-12(9-13)14-6-7-21-10-14/h3-7,9-11H,8H2,1-2H3,(H2,17,19)/t11-/m0/s1. The first-order valence-corrected chi connectivity index (χ1v) is 7.61. The van der Waals surface area contributed by atoms with Crippen molar-refractivity contribution in [1.29, 1.82) is 0 Å². The van der Waals surface area contributed by atoms with Crippen LogP contribution in [0.4, 0.5) is 0 Å². The molecule has 4 nitrogen and oxygen atoms in total. The molecule has 0 saturated heterocycles. The Labute approximate surface area is 128 Å². The van der Waals surface area contributed by atoms with Crippen LogP contribution in [0, 0.1) is 0 Å². The SMILES string of the molecule is C[C@@H](CC(N)=O)N(C)C(=O)c1cccc(-c2ccsc2)c1. The van der Waals surface area contributed by atoms with E-state index in [0.717, 1.165) is 11.1 Å². The second kappa shape index (κ2) is 6.54. The Morgan fingerprint density at radius 2 is 2.05 bits per heavy atom. The van der Waals surface area contributed by atoms with Gasteiger partial charge >= 0.3 is 0 Å². The zero-order chi connectivity index (χ0) is 15.4. The molecule has 0 bridgehead atoms. The highest BCUT2D eigenvalue weighted by atomic mass is 32.1. The zero-order valence-electron chi connectivity index (χ0n) is 12.1. The summed E-state index contributed by atoms with van der Waals surface area (Å²) in [6, 6.07) is 9.30. The average molecular weight is 302 g/mol. The molecule has 5 heteroatoms. The predicted molar refractivity (Wildman–Crippen MR) is 85.1 cm³/mol. The number of benzene rings is 1. The fraction of sp³-hybridized carbons (Fsp3) is 0.250. The van der Waals surface area contributed by atoms with E-state index in [-0.39, 0.29) is 18.4 Å². The summed E-state index contributed by atoms with van der Waals surface area (Å²) in [7, 11) is 1.69. The van der Waals surface area contributed by atoms with Crippen LogP contribution in [0.5, 0.6) is 0 Å². The van der Waals surface area contributed by atoms with Crippen LogP contribution in [0.15, 0.2) is 41.1 Å². The monoisotopic (exact) mass is 302 g/mol. The molecule has 0 aliphatic rings. The third kappa shape index (κ3) is 3.70. The lowest BCUT2D eigenvalue weighted by atomic mass is 10.0. The highest BCUT2D eigenvalue weighted by Crippen LogP contribution is 2.23. The van der Waals surface area contributed by atoms with Gasteiger partial charge in [-0.2, -0.15) is 11.3 Å². The lowest BCUT2D eigenvalue weighted by Crippen LogP contribution is -2.37. The number of hydrogen-bond donors (Lipinski definition) is 1. The number of carbonyl (C=O) groups is 2. The molecule has 0 aliphatic heterocycles. The van der Waals surface area contributed by atoms with Crippen LogP contribution in [0.2, 0.25) is 0 Å². The summed E-state index contributed by atoms with van der Waals surface area (Å²) in [6.45, 7) is 1.81. The van der Waals surface area contributed by atoms with Crippen LogP contribution in [0.25, 0.3) is 11.1 Å². The third-order valence-electron chi connectivity index (χ3n) is 3.44. The van der Waals surface area contributed by atoms with E-state index in [1.165, 1.54) is 0 Å². The fourth-order valence-corrected chi connectivity index (χ4v) is 2.76. The summed E-state index contributed by atoms with van der Waals surface area (Å²) >= 11 is 1.62. The van der Waals surface area contributed by atoms with Gasteiger partial charge in [-0.25, -0.2) is 0 Å². The fourth-order valence-electron chi connectivity index (χ4n) is 2.09. The zero-order valence-corrected chi connectivity index (χ0v) is 12.9. The Hall–Kier alpha value is -2.14. The summed E-state index contributed by atoms with van der Waals surface area (Å²) in [5.74, 6) is -0.519. The molecule has 0 aliphatic carbocycles. The van der Waals surface area contributed by atoms with Gasteiger partial charge in [-0.3, -0.25) is 9.59 Å². The van der Waals surface area contributed by atoms with Gasteiger partial charge in [0.1, 0.15) is 0 Å². The van der Waals surface area contributed by atoms with Crippen molar-refractivity contribution in [3.63, 3.8) is 0 Å². The van der Waals surface area contributed by atoms with E-state index in [9.17, 15) is 9.59 Å². The van der Waals surface area contributed by atoms with Gasteiger partial charge in [-0.1, -0.05) is 12.1 Å². The molecule has 1 aromatic heterocycles. The third-order valence-corrected chi connectivity index (χ3v) is 4.13. The number of carbonyl (C=O) groups excluding carboxylic acids is 2. The first-order valence-electron chi connectivity index (χ1n) is 6.67. The highest BCUT2D eigenvalue weighted by Gasteiger charge is 2.19. The number of nitrogens with two attached hydrogens (primary N) is 1. The van der Waals surface area contributed by atoms with Crippen LogP contribution in [0.1, 0.15) is 23.7 Å². The van der Waals surface area contributed by atoms with Crippen LogP contribution in [0.3, 0.4) is 0 Å². The van der Waals surface area contributed by atoms with Gasteiger partial charge < -0.3 is 10.6 Å². The van der Waals surface area contributed by atoms with Crippen LogP contribution < -0.4 is 5.73 Å². The summed E-state index contributed by atoms with van der Waals surface area (Å²) < 4.78 is 0. The van der Waals surface area contributed by atoms with Gasteiger partial charge in [0.25, 0.3) is 5.91 Å². The molecular formula is C16H18N2O2S. The van der Waals surface area contributed by atoms with Crippen molar-refractivity contribution >= 4 is 23.2 Å². The minimum atomic E-state index is -0.408. The first kappa shape index (κ1) is 15.3. The predicted octanol–water partition coefficient (Wildman–Crippen LogP) is 2.75. The van der Waals surface area contributed by atoms with Crippen LogP contribution >= 0.6 is 11.3 Å². The van der Waals surface area contributed by atoms with E-state index in [1.54, 1.807) is 29.4 Å². The van der Waals surface area contributed by atoms with Crippen molar-refractivity contribution in [3.05, 3.63) is 46.7 Å². The molecule has 1 aromatic carbocycles. The first-order chi connectivity index (χ1) is 9.99. The molecule has 110 valence electrons. The van der Waals surface area contributed by atoms with Gasteiger partial charge in [0, 0.05) is 25.1 Å². The maximum absolute atomic E-state index is 12.5. The Bertz CT molecular complexity index is 637. The lowest BCUT2D eigenvalue weighted by molar-refractivity contribution is -0.118. The second-order valence-corrected chi connectivity index (χ2v) is 5.81. The van der Waals surface area contributed by atoms with E-state index in [4.69, 9.17) is 5.73 Å². The van der Waals surface area contributed by atoms with Crippen molar-refractivity contribution in [3.8, 4) is 11.1 Å². The van der Waals surface area contributed by atoms with Gasteiger partial charge in [0.2, 0.25) is 5.91 Å². The molecule has 0 spiro atoms. The lowest BCUT2D eigenvalue weighted by Gasteiger charge is -2.24. The van der Waals surface area contributed by atoms with E-state index in [1.807, 2.05) is 41.9 Å². The van der Waals surface area contributed by atoms with Crippen molar-refractivity contribution < 1.29 is 9.59 Å². The quantitative estimate of drug-likeness (QED) is 0.923. The van der Waals surface area contributed by atoms with Gasteiger partial charge in [0.05, 0.1) is 0 Å². The number of thiophene rings is 1. The van der Waals surface area contributed by atoms with E-state index >= 15 is 0 Å². The molecule has 2 aromatic rings. The number of nitrogens with zero attached hydrogens (tertiary/aromatic N) is 1. The van der Waals surface area contributed by atoms with Gasteiger partial charge in [-0.15, -0.1) is 0 Å². The number of primary amides is 1. The summed E-state index contributed by atoms with van der Waals surface area (Å²) in [5.41, 5.74) is 7.90. The minimum Gasteiger partial charge on any atom is -0.370 e. The van der Waals surface area contributed by atoms with E-state index in [2.05, 4.69) is 0 Å². The second-order valence-electron chi connectivity index (χ2n) is 5.03.